The number of pyridine rings is 1. The predicted molar refractivity (Wildman–Crippen MR) is 104 cm³/mol. The molecule has 0 fully saturated rings. The zero-order valence-corrected chi connectivity index (χ0v) is 15.2. The molecule has 4 heteroatoms. The molecule has 0 aliphatic heterocycles. The van der Waals surface area contributed by atoms with E-state index in [-0.39, 0.29) is 12.4 Å². The lowest BCUT2D eigenvalue weighted by molar-refractivity contribution is -0.118. The second-order valence-corrected chi connectivity index (χ2v) is 6.48. The van der Waals surface area contributed by atoms with Crippen molar-refractivity contribution >= 4 is 22.3 Å². The third-order valence-electron chi connectivity index (χ3n) is 4.76. The first-order chi connectivity index (χ1) is 12.6. The minimum atomic E-state index is 0.0162. The van der Waals surface area contributed by atoms with E-state index in [1.54, 1.807) is 7.11 Å². The Morgan fingerprint density at radius 3 is 2.42 bits per heavy atom. The Balaban J connectivity index is 1.91. The number of Topliss-reactive ketones (excluding diaryl/α,β-unsaturated/α-hetero) is 1. The average Bonchev–Trinajstić information content (AvgIpc) is 3.21. The van der Waals surface area contributed by atoms with Gasteiger partial charge in [-0.3, -0.25) is 4.79 Å². The lowest BCUT2D eigenvalue weighted by Gasteiger charge is -2.07. The molecular weight excluding hydrogens is 326 g/mol. The number of methoxy groups -OCH3 is 1. The smallest absolute Gasteiger partial charge is 0.167 e. The van der Waals surface area contributed by atoms with E-state index < -0.39 is 0 Å². The van der Waals surface area contributed by atoms with Crippen LogP contribution in [0.3, 0.4) is 0 Å². The number of carbonyl (C=O) groups excluding carboxylic acids is 1. The second kappa shape index (κ2) is 6.37. The highest BCUT2D eigenvalue weighted by atomic mass is 16.5. The topological polar surface area (TPSA) is 39.9 Å². The van der Waals surface area contributed by atoms with E-state index in [1.807, 2.05) is 24.3 Å². The van der Waals surface area contributed by atoms with Crippen LogP contribution in [0.25, 0.3) is 27.7 Å². The number of aryl methyl sites for hydroxylation is 1. The van der Waals surface area contributed by atoms with Gasteiger partial charge in [0, 0.05) is 23.2 Å². The lowest BCUT2D eigenvalue weighted by atomic mass is 9.99. The number of ether oxygens (including phenoxy) is 2. The normalized spacial score (nSPS) is 11.3. The standard InChI is InChI=1S/C22H21NO3/c1-4-19-21-12-18(26-13-14(2)24)11-16-7-10-20(23(16)21)22(19)15-5-8-17(25-3)9-6-15/h5-12H,4,13H2,1-3H3. The van der Waals surface area contributed by atoms with Gasteiger partial charge in [-0.2, -0.15) is 0 Å². The van der Waals surface area contributed by atoms with Crippen molar-refractivity contribution in [2.45, 2.75) is 20.3 Å². The van der Waals surface area contributed by atoms with Crippen LogP contribution in [0.1, 0.15) is 19.4 Å². The molecule has 26 heavy (non-hydrogen) atoms. The summed E-state index contributed by atoms with van der Waals surface area (Å²) in [7, 11) is 1.68. The van der Waals surface area contributed by atoms with Gasteiger partial charge in [0.15, 0.2) is 5.78 Å². The molecule has 0 bridgehead atoms. The molecule has 0 atom stereocenters. The maximum absolute atomic E-state index is 11.3. The first kappa shape index (κ1) is 16.5. The van der Waals surface area contributed by atoms with Gasteiger partial charge >= 0.3 is 0 Å². The maximum atomic E-state index is 11.3. The molecule has 0 unspecified atom stereocenters. The number of carbonyl (C=O) groups is 1. The summed E-state index contributed by atoms with van der Waals surface area (Å²) in [5.74, 6) is 1.60. The van der Waals surface area contributed by atoms with E-state index in [1.165, 1.54) is 29.1 Å². The lowest BCUT2D eigenvalue weighted by Crippen LogP contribution is -2.06. The first-order valence-electron chi connectivity index (χ1n) is 8.78. The van der Waals surface area contributed by atoms with Crippen LogP contribution in [-0.4, -0.2) is 23.9 Å². The molecule has 4 rings (SSSR count). The minimum absolute atomic E-state index is 0.0162. The van der Waals surface area contributed by atoms with Gasteiger partial charge in [0.2, 0.25) is 0 Å². The van der Waals surface area contributed by atoms with Crippen molar-refractivity contribution < 1.29 is 14.3 Å². The number of hydrogen-bond acceptors (Lipinski definition) is 3. The van der Waals surface area contributed by atoms with Gasteiger partial charge in [0.25, 0.3) is 0 Å². The van der Waals surface area contributed by atoms with Crippen molar-refractivity contribution in [1.82, 2.24) is 4.40 Å². The molecule has 0 N–H and O–H groups in total. The van der Waals surface area contributed by atoms with Gasteiger partial charge in [0.1, 0.15) is 18.1 Å². The quantitative estimate of drug-likeness (QED) is 0.506. The number of benzene rings is 1. The van der Waals surface area contributed by atoms with Crippen LogP contribution < -0.4 is 9.47 Å². The Morgan fingerprint density at radius 2 is 1.77 bits per heavy atom. The van der Waals surface area contributed by atoms with Crippen molar-refractivity contribution in [1.29, 1.82) is 0 Å². The molecule has 0 aliphatic carbocycles. The van der Waals surface area contributed by atoms with Crippen LogP contribution in [0.2, 0.25) is 0 Å². The predicted octanol–water partition coefficient (Wildman–Crippen LogP) is 4.74. The molecule has 0 saturated carbocycles. The molecule has 0 amide bonds. The fourth-order valence-electron chi connectivity index (χ4n) is 3.63. The summed E-state index contributed by atoms with van der Waals surface area (Å²) < 4.78 is 13.2. The van der Waals surface area contributed by atoms with E-state index in [2.05, 4.69) is 35.6 Å². The van der Waals surface area contributed by atoms with Gasteiger partial charge in [0.05, 0.1) is 18.1 Å². The highest BCUT2D eigenvalue weighted by molar-refractivity contribution is 5.95. The van der Waals surface area contributed by atoms with Crippen molar-refractivity contribution in [2.24, 2.45) is 0 Å². The zero-order chi connectivity index (χ0) is 18.3. The van der Waals surface area contributed by atoms with Gasteiger partial charge in [-0.1, -0.05) is 19.1 Å². The number of nitrogens with zero attached hydrogens (tertiary/aromatic N) is 1. The Kier molecular flexibility index (Phi) is 4.03. The fourth-order valence-corrected chi connectivity index (χ4v) is 3.63. The Hall–Kier alpha value is -3.01. The third-order valence-corrected chi connectivity index (χ3v) is 4.76. The van der Waals surface area contributed by atoms with Crippen LogP contribution in [0, 0.1) is 0 Å². The summed E-state index contributed by atoms with van der Waals surface area (Å²) in [6.07, 6.45) is 0.911. The van der Waals surface area contributed by atoms with E-state index >= 15 is 0 Å². The number of rotatable bonds is 6. The van der Waals surface area contributed by atoms with Crippen molar-refractivity contribution in [3.05, 3.63) is 54.1 Å². The van der Waals surface area contributed by atoms with Crippen molar-refractivity contribution in [3.63, 3.8) is 0 Å². The number of ketones is 1. The van der Waals surface area contributed by atoms with Gasteiger partial charge < -0.3 is 13.9 Å². The Bertz CT molecular complexity index is 1080. The summed E-state index contributed by atoms with van der Waals surface area (Å²) in [5, 5.41) is 0. The highest BCUT2D eigenvalue weighted by Gasteiger charge is 2.19. The zero-order valence-electron chi connectivity index (χ0n) is 15.2. The van der Waals surface area contributed by atoms with Crippen LogP contribution in [0.15, 0.2) is 48.5 Å². The molecule has 132 valence electrons. The van der Waals surface area contributed by atoms with Crippen molar-refractivity contribution in [2.75, 3.05) is 13.7 Å². The third kappa shape index (κ3) is 2.58. The second-order valence-electron chi connectivity index (χ2n) is 6.48. The fraction of sp³-hybridized carbons (Fsp3) is 0.227. The molecule has 3 heterocycles. The molecular formula is C22H21NO3. The van der Waals surface area contributed by atoms with E-state index in [0.29, 0.717) is 0 Å². The van der Waals surface area contributed by atoms with Crippen LogP contribution in [-0.2, 0) is 11.2 Å². The van der Waals surface area contributed by atoms with Gasteiger partial charge in [-0.15, -0.1) is 0 Å². The first-order valence-corrected chi connectivity index (χ1v) is 8.78. The molecule has 0 radical (unpaired) electrons. The van der Waals surface area contributed by atoms with Crippen LogP contribution in [0.5, 0.6) is 11.5 Å². The van der Waals surface area contributed by atoms with E-state index in [4.69, 9.17) is 9.47 Å². The Morgan fingerprint density at radius 1 is 1.00 bits per heavy atom. The number of aromatic nitrogens is 1. The van der Waals surface area contributed by atoms with Crippen LogP contribution >= 0.6 is 0 Å². The summed E-state index contributed by atoms with van der Waals surface area (Å²) in [5.41, 5.74) is 7.10. The minimum Gasteiger partial charge on any atom is -0.497 e. The SMILES string of the molecule is CCc1c(-c2ccc(OC)cc2)c2ccc3cc(OCC(C)=O)cc1n32. The summed E-state index contributed by atoms with van der Waals surface area (Å²) >= 11 is 0. The molecule has 0 spiro atoms. The van der Waals surface area contributed by atoms with E-state index in [9.17, 15) is 4.79 Å². The largest absolute Gasteiger partial charge is 0.497 e. The monoisotopic (exact) mass is 347 g/mol. The maximum Gasteiger partial charge on any atom is 0.167 e. The summed E-state index contributed by atoms with van der Waals surface area (Å²) in [6, 6.07) is 16.4. The summed E-state index contributed by atoms with van der Waals surface area (Å²) in [6.45, 7) is 3.80. The highest BCUT2D eigenvalue weighted by Crippen LogP contribution is 2.39. The van der Waals surface area contributed by atoms with Crippen molar-refractivity contribution in [3.8, 4) is 22.6 Å². The van der Waals surface area contributed by atoms with Crippen LogP contribution in [0.4, 0.5) is 0 Å². The molecule has 0 saturated heterocycles. The molecule has 3 aromatic heterocycles. The average molecular weight is 347 g/mol. The molecule has 4 nitrogen and oxygen atoms in total. The number of hydrogen-bond donors (Lipinski definition) is 0. The van der Waals surface area contributed by atoms with Gasteiger partial charge in [-0.25, -0.2) is 0 Å². The molecule has 4 aromatic rings. The molecule has 1 aromatic carbocycles. The van der Waals surface area contributed by atoms with Gasteiger partial charge in [-0.05, 0) is 48.7 Å². The molecule has 0 aliphatic rings. The Labute approximate surface area is 152 Å². The summed E-state index contributed by atoms with van der Waals surface area (Å²) in [4.78, 5) is 11.3. The van der Waals surface area contributed by atoms with E-state index in [0.717, 1.165) is 29.0 Å².